The number of urea groups is 1. The number of aromatic nitrogens is 2. The molecular weight excluding hydrogens is 292 g/mol. The number of methoxy groups -OCH3 is 1. The fourth-order valence-electron chi connectivity index (χ4n) is 2.95. The van der Waals surface area contributed by atoms with Crippen molar-refractivity contribution in [3.63, 3.8) is 0 Å². The fourth-order valence-corrected chi connectivity index (χ4v) is 2.95. The molecule has 0 unspecified atom stereocenters. The summed E-state index contributed by atoms with van der Waals surface area (Å²) in [5, 5.41) is 5.66. The lowest BCUT2D eigenvalue weighted by molar-refractivity contribution is 0.250. The molecule has 1 aliphatic carbocycles. The molecule has 0 bridgehead atoms. The van der Waals surface area contributed by atoms with Gasteiger partial charge in [-0.15, -0.1) is 0 Å². The molecule has 1 heterocycles. The minimum atomic E-state index is -0.299. The van der Waals surface area contributed by atoms with Gasteiger partial charge < -0.3 is 10.1 Å². The highest BCUT2D eigenvalue weighted by Gasteiger charge is 2.59. The van der Waals surface area contributed by atoms with E-state index < -0.39 is 0 Å². The maximum Gasteiger partial charge on any atom is 0.321 e. The number of rotatable bonds is 4. The molecule has 2 N–H and O–H groups in total. The maximum absolute atomic E-state index is 12.1. The number of ether oxygens (including phenoxy) is 1. The summed E-state index contributed by atoms with van der Waals surface area (Å²) in [5.74, 6) is 1.10. The summed E-state index contributed by atoms with van der Waals surface area (Å²) in [6.07, 6.45) is 3.02. The largest absolute Gasteiger partial charge is 0.494 e. The highest BCUT2D eigenvalue weighted by atomic mass is 16.5. The number of amides is 2. The Morgan fingerprint density at radius 2 is 1.83 bits per heavy atom. The normalized spacial score (nSPS) is 21.3. The van der Waals surface area contributed by atoms with E-state index in [-0.39, 0.29) is 23.4 Å². The van der Waals surface area contributed by atoms with Crippen molar-refractivity contribution in [1.82, 2.24) is 15.3 Å². The average Bonchev–Trinajstić information content (AvgIpc) is 3.09. The molecule has 0 saturated heterocycles. The van der Waals surface area contributed by atoms with Crippen LogP contribution in [0.1, 0.15) is 25.3 Å². The van der Waals surface area contributed by atoms with Gasteiger partial charge in [-0.25, -0.2) is 14.8 Å². The van der Waals surface area contributed by atoms with Gasteiger partial charge in [0.2, 0.25) is 5.95 Å². The first-order valence-electron chi connectivity index (χ1n) is 7.51. The number of nitrogens with one attached hydrogen (secondary N) is 2. The summed E-state index contributed by atoms with van der Waals surface area (Å²) >= 11 is 0. The zero-order chi connectivity index (χ0) is 16.4. The summed E-state index contributed by atoms with van der Waals surface area (Å²) in [5.41, 5.74) is 1.27. The predicted molar refractivity (Wildman–Crippen MR) is 87.5 cm³/mol. The topological polar surface area (TPSA) is 76.1 Å². The Balaban J connectivity index is 1.61. The molecule has 1 saturated carbocycles. The van der Waals surface area contributed by atoms with Crippen molar-refractivity contribution in [1.29, 1.82) is 0 Å². The van der Waals surface area contributed by atoms with E-state index in [0.717, 1.165) is 0 Å². The Morgan fingerprint density at radius 3 is 2.43 bits per heavy atom. The van der Waals surface area contributed by atoms with Crippen LogP contribution in [-0.2, 0) is 0 Å². The number of benzene rings is 1. The molecule has 1 aromatic heterocycles. The van der Waals surface area contributed by atoms with Gasteiger partial charge in [0.15, 0.2) is 5.75 Å². The molecule has 3 rings (SSSR count). The molecule has 0 aliphatic heterocycles. The average molecular weight is 312 g/mol. The van der Waals surface area contributed by atoms with Gasteiger partial charge in [0.05, 0.1) is 19.5 Å². The third kappa shape index (κ3) is 3.11. The zero-order valence-corrected chi connectivity index (χ0v) is 13.4. The Labute approximate surface area is 135 Å². The highest BCUT2D eigenvalue weighted by Crippen LogP contribution is 2.58. The SMILES string of the molecule is COc1cnc(NC(=O)N[C@@H]2[C@@H](c3ccccc3)C2(C)C)nc1. The van der Waals surface area contributed by atoms with Gasteiger partial charge in [-0.2, -0.15) is 0 Å². The molecular formula is C17H20N4O2. The second-order valence-electron chi connectivity index (χ2n) is 6.23. The number of carbonyl (C=O) groups is 1. The summed E-state index contributed by atoms with van der Waals surface area (Å²) < 4.78 is 4.99. The predicted octanol–water partition coefficient (Wildman–Crippen LogP) is 2.80. The van der Waals surface area contributed by atoms with E-state index in [9.17, 15) is 4.79 Å². The van der Waals surface area contributed by atoms with Crippen LogP contribution >= 0.6 is 0 Å². The van der Waals surface area contributed by atoms with Crippen LogP contribution in [0.5, 0.6) is 5.75 Å². The number of nitrogens with zero attached hydrogens (tertiary/aromatic N) is 2. The maximum atomic E-state index is 12.1. The quantitative estimate of drug-likeness (QED) is 0.910. The Bertz CT molecular complexity index is 685. The van der Waals surface area contributed by atoms with Crippen molar-refractivity contribution in [2.75, 3.05) is 12.4 Å². The van der Waals surface area contributed by atoms with Crippen LogP contribution in [0.3, 0.4) is 0 Å². The van der Waals surface area contributed by atoms with Gasteiger partial charge in [-0.05, 0) is 11.0 Å². The molecule has 6 nitrogen and oxygen atoms in total. The van der Waals surface area contributed by atoms with Crippen molar-refractivity contribution in [3.8, 4) is 5.75 Å². The number of carbonyl (C=O) groups excluding carboxylic acids is 1. The van der Waals surface area contributed by atoms with E-state index in [0.29, 0.717) is 11.7 Å². The van der Waals surface area contributed by atoms with E-state index in [1.807, 2.05) is 18.2 Å². The molecule has 2 atom stereocenters. The molecule has 6 heteroatoms. The molecule has 0 radical (unpaired) electrons. The second kappa shape index (κ2) is 5.87. The minimum Gasteiger partial charge on any atom is -0.494 e. The fraction of sp³-hybridized carbons (Fsp3) is 0.353. The van der Waals surface area contributed by atoms with Crippen molar-refractivity contribution < 1.29 is 9.53 Å². The summed E-state index contributed by atoms with van der Waals surface area (Å²) in [7, 11) is 1.54. The van der Waals surface area contributed by atoms with Crippen LogP contribution in [0.4, 0.5) is 10.7 Å². The minimum absolute atomic E-state index is 0.0272. The molecule has 2 aromatic rings. The molecule has 23 heavy (non-hydrogen) atoms. The van der Waals surface area contributed by atoms with Crippen LogP contribution in [0.25, 0.3) is 0 Å². The van der Waals surface area contributed by atoms with Gasteiger partial charge in [0.25, 0.3) is 0 Å². The van der Waals surface area contributed by atoms with Gasteiger partial charge in [-0.3, -0.25) is 5.32 Å². The smallest absolute Gasteiger partial charge is 0.321 e. The number of anilines is 1. The number of hydrogen-bond acceptors (Lipinski definition) is 4. The Morgan fingerprint density at radius 1 is 1.17 bits per heavy atom. The first-order valence-corrected chi connectivity index (χ1v) is 7.51. The molecule has 1 aromatic carbocycles. The lowest BCUT2D eigenvalue weighted by Gasteiger charge is -2.07. The molecule has 1 fully saturated rings. The van der Waals surface area contributed by atoms with Gasteiger partial charge in [0, 0.05) is 12.0 Å². The molecule has 120 valence electrons. The number of hydrogen-bond donors (Lipinski definition) is 2. The van der Waals surface area contributed by atoms with Crippen LogP contribution in [0, 0.1) is 5.41 Å². The van der Waals surface area contributed by atoms with E-state index in [4.69, 9.17) is 4.74 Å². The van der Waals surface area contributed by atoms with Crippen LogP contribution in [0.2, 0.25) is 0 Å². The van der Waals surface area contributed by atoms with Crippen molar-refractivity contribution in [2.24, 2.45) is 5.41 Å². The highest BCUT2D eigenvalue weighted by molar-refractivity contribution is 5.88. The lowest BCUT2D eigenvalue weighted by Crippen LogP contribution is -2.33. The monoisotopic (exact) mass is 312 g/mol. The van der Waals surface area contributed by atoms with E-state index >= 15 is 0 Å². The Hall–Kier alpha value is -2.63. The molecule has 0 spiro atoms. The Kier molecular flexibility index (Phi) is 3.90. The third-order valence-electron chi connectivity index (χ3n) is 4.36. The van der Waals surface area contributed by atoms with Crippen molar-refractivity contribution in [3.05, 3.63) is 48.3 Å². The van der Waals surface area contributed by atoms with E-state index in [1.165, 1.54) is 25.1 Å². The first-order chi connectivity index (χ1) is 11.0. The van der Waals surface area contributed by atoms with Gasteiger partial charge in [-0.1, -0.05) is 44.2 Å². The second-order valence-corrected chi connectivity index (χ2v) is 6.23. The van der Waals surface area contributed by atoms with Crippen molar-refractivity contribution >= 4 is 12.0 Å². The standard InChI is InChI=1S/C17H20N4O2/c1-17(2)13(11-7-5-4-6-8-11)14(17)20-16(22)21-15-18-9-12(23-3)10-19-15/h4-10,13-14H,1-3H3,(H2,18,19,20,21,22)/t13-,14-/m1/s1. The van der Waals surface area contributed by atoms with Gasteiger partial charge in [0.1, 0.15) is 0 Å². The summed E-state index contributed by atoms with van der Waals surface area (Å²) in [6.45, 7) is 4.30. The zero-order valence-electron chi connectivity index (χ0n) is 13.4. The molecule has 2 amide bonds. The molecule has 1 aliphatic rings. The lowest BCUT2D eigenvalue weighted by atomic mass is 10.0. The van der Waals surface area contributed by atoms with E-state index in [2.05, 4.69) is 46.6 Å². The van der Waals surface area contributed by atoms with Crippen LogP contribution in [-0.4, -0.2) is 29.2 Å². The van der Waals surface area contributed by atoms with Crippen LogP contribution in [0.15, 0.2) is 42.7 Å². The summed E-state index contributed by atoms with van der Waals surface area (Å²) in [4.78, 5) is 20.2. The first kappa shape index (κ1) is 15.3. The van der Waals surface area contributed by atoms with Crippen LogP contribution < -0.4 is 15.4 Å². The van der Waals surface area contributed by atoms with E-state index in [1.54, 1.807) is 0 Å². The van der Waals surface area contributed by atoms with Crippen molar-refractivity contribution in [2.45, 2.75) is 25.8 Å². The van der Waals surface area contributed by atoms with Gasteiger partial charge >= 0.3 is 6.03 Å². The third-order valence-corrected chi connectivity index (χ3v) is 4.36. The summed E-state index contributed by atoms with van der Waals surface area (Å²) in [6, 6.07) is 10.0.